The number of amides is 3. The minimum Gasteiger partial charge on any atom is -0.444 e. The van der Waals surface area contributed by atoms with Crippen molar-refractivity contribution in [2.75, 3.05) is 6.54 Å². The maximum Gasteiger partial charge on any atom is 0.417 e. The van der Waals surface area contributed by atoms with Gasteiger partial charge in [-0.15, -0.1) is 0 Å². The summed E-state index contributed by atoms with van der Waals surface area (Å²) in [5.74, 6) is -1.86. The second-order valence-corrected chi connectivity index (χ2v) is 11.3. The van der Waals surface area contributed by atoms with Crippen LogP contribution in [-0.4, -0.2) is 35.4 Å². The molecule has 0 spiro atoms. The van der Waals surface area contributed by atoms with Gasteiger partial charge in [0.15, 0.2) is 0 Å². The average molecular weight is 614 g/mol. The highest BCUT2D eigenvalue weighted by Gasteiger charge is 2.40. The maximum atomic E-state index is 14.7. The van der Waals surface area contributed by atoms with Crippen LogP contribution in [0.1, 0.15) is 54.0 Å². The van der Waals surface area contributed by atoms with E-state index in [4.69, 9.17) is 10.5 Å². The normalized spacial score (nSPS) is 12.3. The van der Waals surface area contributed by atoms with Crippen molar-refractivity contribution in [2.45, 2.75) is 44.4 Å². The predicted molar refractivity (Wildman–Crippen MR) is 181 cm³/mol. The Morgan fingerprint density at radius 2 is 1.28 bits per heavy atom. The fourth-order valence-corrected chi connectivity index (χ4v) is 5.63. The lowest BCUT2D eigenvalue weighted by Gasteiger charge is -2.32. The standard InChI is InChI=1S/C39H39N3O4/c1-28(33-24-23-30-16-11-12-21-34(30)26-33)41-37(43)35(22-13-25-40)42(39(45)46-27-29-14-5-2-6-15-29)38(44)36(31-17-7-3-8-18-31)32-19-9-4-10-20-32/h2-12,14-21,23-24,26,28,35-36H,13,22,25,27,40H2,1H3,(H,41,43)/t28-,35+/m0/s1. The van der Waals surface area contributed by atoms with Crippen LogP contribution in [-0.2, 0) is 20.9 Å². The van der Waals surface area contributed by atoms with Crippen LogP contribution < -0.4 is 11.1 Å². The molecule has 5 aromatic rings. The molecule has 5 aromatic carbocycles. The highest BCUT2D eigenvalue weighted by atomic mass is 16.6. The molecule has 46 heavy (non-hydrogen) atoms. The molecule has 0 heterocycles. The number of carbonyl (C=O) groups is 3. The first kappa shape index (κ1) is 32.1. The molecule has 0 fully saturated rings. The van der Waals surface area contributed by atoms with E-state index in [9.17, 15) is 14.4 Å². The zero-order valence-electron chi connectivity index (χ0n) is 25.9. The lowest BCUT2D eigenvalue weighted by Crippen LogP contribution is -2.54. The summed E-state index contributed by atoms with van der Waals surface area (Å²) in [5, 5.41) is 5.22. The number of nitrogens with one attached hydrogen (secondary N) is 1. The number of nitrogens with zero attached hydrogens (tertiary/aromatic N) is 1. The van der Waals surface area contributed by atoms with Crippen LogP contribution in [0.4, 0.5) is 4.79 Å². The van der Waals surface area contributed by atoms with Gasteiger partial charge in [0.1, 0.15) is 12.6 Å². The van der Waals surface area contributed by atoms with Crippen molar-refractivity contribution in [3.63, 3.8) is 0 Å². The van der Waals surface area contributed by atoms with Gasteiger partial charge in [-0.25, -0.2) is 9.69 Å². The number of fused-ring (bicyclic) bond motifs is 1. The molecule has 0 saturated carbocycles. The third-order valence-electron chi connectivity index (χ3n) is 8.08. The molecular weight excluding hydrogens is 574 g/mol. The molecule has 0 aliphatic rings. The number of ether oxygens (including phenoxy) is 1. The summed E-state index contributed by atoms with van der Waals surface area (Å²) >= 11 is 0. The molecule has 3 amide bonds. The molecule has 7 heteroatoms. The van der Waals surface area contributed by atoms with E-state index in [0.29, 0.717) is 17.5 Å². The van der Waals surface area contributed by atoms with Gasteiger partial charge in [-0.3, -0.25) is 9.59 Å². The number of hydrogen-bond donors (Lipinski definition) is 2. The van der Waals surface area contributed by atoms with Gasteiger partial charge in [0, 0.05) is 0 Å². The molecule has 234 valence electrons. The molecule has 5 rings (SSSR count). The van der Waals surface area contributed by atoms with Crippen LogP contribution in [0.5, 0.6) is 0 Å². The van der Waals surface area contributed by atoms with E-state index in [2.05, 4.69) is 5.32 Å². The van der Waals surface area contributed by atoms with Crippen molar-refractivity contribution in [3.05, 3.63) is 156 Å². The molecule has 0 aliphatic heterocycles. The topological polar surface area (TPSA) is 102 Å². The second kappa shape index (κ2) is 15.6. The van der Waals surface area contributed by atoms with E-state index in [1.54, 1.807) is 0 Å². The van der Waals surface area contributed by atoms with Crippen molar-refractivity contribution in [1.82, 2.24) is 10.2 Å². The number of benzene rings is 5. The molecule has 7 nitrogen and oxygen atoms in total. The number of hydrogen-bond acceptors (Lipinski definition) is 5. The van der Waals surface area contributed by atoms with Crippen LogP contribution in [0.15, 0.2) is 133 Å². The van der Waals surface area contributed by atoms with Gasteiger partial charge in [0.25, 0.3) is 0 Å². The van der Waals surface area contributed by atoms with Gasteiger partial charge in [-0.1, -0.05) is 127 Å². The summed E-state index contributed by atoms with van der Waals surface area (Å²) < 4.78 is 5.74. The van der Waals surface area contributed by atoms with Gasteiger partial charge in [0.05, 0.1) is 12.0 Å². The summed E-state index contributed by atoms with van der Waals surface area (Å²) in [6.45, 7) is 2.12. The van der Waals surface area contributed by atoms with Crippen molar-refractivity contribution < 1.29 is 19.1 Å². The van der Waals surface area contributed by atoms with Gasteiger partial charge in [0.2, 0.25) is 11.8 Å². The highest BCUT2D eigenvalue weighted by molar-refractivity contribution is 6.02. The maximum absolute atomic E-state index is 14.7. The first-order valence-electron chi connectivity index (χ1n) is 15.6. The molecule has 0 radical (unpaired) electrons. The van der Waals surface area contributed by atoms with Gasteiger partial charge in [-0.05, 0) is 65.4 Å². The summed E-state index contributed by atoms with van der Waals surface area (Å²) in [6.07, 6.45) is -0.296. The fraction of sp³-hybridized carbons (Fsp3) is 0.205. The van der Waals surface area contributed by atoms with Crippen molar-refractivity contribution in [2.24, 2.45) is 5.73 Å². The second-order valence-electron chi connectivity index (χ2n) is 11.3. The third kappa shape index (κ3) is 7.86. The quantitative estimate of drug-likeness (QED) is 0.156. The van der Waals surface area contributed by atoms with E-state index in [1.165, 1.54) is 0 Å². The van der Waals surface area contributed by atoms with Gasteiger partial charge < -0.3 is 15.8 Å². The van der Waals surface area contributed by atoms with Crippen molar-refractivity contribution in [3.8, 4) is 0 Å². The van der Waals surface area contributed by atoms with Crippen molar-refractivity contribution in [1.29, 1.82) is 0 Å². The van der Waals surface area contributed by atoms with E-state index in [0.717, 1.165) is 26.8 Å². The fourth-order valence-electron chi connectivity index (χ4n) is 5.63. The monoisotopic (exact) mass is 613 g/mol. The Kier molecular flexibility index (Phi) is 10.9. The lowest BCUT2D eigenvalue weighted by molar-refractivity contribution is -0.139. The van der Waals surface area contributed by atoms with Gasteiger partial charge >= 0.3 is 6.09 Å². The first-order valence-corrected chi connectivity index (χ1v) is 15.6. The van der Waals surface area contributed by atoms with Crippen LogP contribution >= 0.6 is 0 Å². The summed E-state index contributed by atoms with van der Waals surface area (Å²) in [7, 11) is 0. The molecule has 3 N–H and O–H groups in total. The van der Waals surface area contributed by atoms with Crippen LogP contribution in [0.3, 0.4) is 0 Å². The molecule has 0 unspecified atom stereocenters. The smallest absolute Gasteiger partial charge is 0.417 e. The Bertz CT molecular complexity index is 1710. The van der Waals surface area contributed by atoms with Crippen LogP contribution in [0.25, 0.3) is 10.8 Å². The zero-order chi connectivity index (χ0) is 32.3. The number of carbonyl (C=O) groups excluding carboxylic acids is 3. The van der Waals surface area contributed by atoms with Crippen LogP contribution in [0.2, 0.25) is 0 Å². The highest BCUT2D eigenvalue weighted by Crippen LogP contribution is 2.29. The Hall–Kier alpha value is -5.27. The number of rotatable bonds is 12. The van der Waals surface area contributed by atoms with E-state index < -0.39 is 35.9 Å². The molecule has 0 aromatic heterocycles. The molecule has 0 saturated heterocycles. The van der Waals surface area contributed by atoms with E-state index in [1.807, 2.05) is 140 Å². The van der Waals surface area contributed by atoms with E-state index >= 15 is 0 Å². The van der Waals surface area contributed by atoms with E-state index in [-0.39, 0.29) is 19.6 Å². The Morgan fingerprint density at radius 1 is 0.717 bits per heavy atom. The molecular formula is C39H39N3O4. The van der Waals surface area contributed by atoms with Gasteiger partial charge in [-0.2, -0.15) is 0 Å². The minimum atomic E-state index is -1.16. The summed E-state index contributed by atoms with van der Waals surface area (Å²) in [4.78, 5) is 43.9. The molecule has 2 atom stereocenters. The summed E-state index contributed by atoms with van der Waals surface area (Å²) in [5.41, 5.74) is 8.96. The SMILES string of the molecule is C[C@H](NC(=O)[C@@H](CCCN)N(C(=O)OCc1ccccc1)C(=O)C(c1ccccc1)c1ccccc1)c1ccc2ccccc2c1. The minimum absolute atomic E-state index is 0.0521. The number of imide groups is 1. The molecule has 0 aliphatic carbocycles. The Balaban J connectivity index is 1.50. The predicted octanol–water partition coefficient (Wildman–Crippen LogP) is 7.12. The Morgan fingerprint density at radius 3 is 1.89 bits per heavy atom. The Labute approximate surface area is 270 Å². The van der Waals surface area contributed by atoms with Crippen molar-refractivity contribution >= 4 is 28.7 Å². The first-order chi connectivity index (χ1) is 22.5. The average Bonchev–Trinajstić information content (AvgIpc) is 3.10. The van der Waals surface area contributed by atoms with Crippen LogP contribution in [0, 0.1) is 0 Å². The summed E-state index contributed by atoms with van der Waals surface area (Å²) in [6, 6.07) is 40.2. The third-order valence-corrected chi connectivity index (χ3v) is 8.08. The zero-order valence-corrected chi connectivity index (χ0v) is 25.9. The number of nitrogens with two attached hydrogens (primary N) is 1. The molecule has 0 bridgehead atoms. The lowest BCUT2D eigenvalue weighted by atomic mass is 9.89. The largest absolute Gasteiger partial charge is 0.444 e.